The van der Waals surface area contributed by atoms with Crippen LogP contribution in [0.25, 0.3) is 6.08 Å². The van der Waals surface area contributed by atoms with E-state index in [0.717, 1.165) is 36.5 Å². The molecule has 5 nitrogen and oxygen atoms in total. The highest BCUT2D eigenvalue weighted by molar-refractivity contribution is 8.04. The molecule has 0 aliphatic carbocycles. The van der Waals surface area contributed by atoms with Crippen LogP contribution in [0, 0.1) is 0 Å². The molecule has 2 amide bonds. The highest BCUT2D eigenvalue weighted by atomic mass is 32.2. The summed E-state index contributed by atoms with van der Waals surface area (Å²) in [6.45, 7) is 1.95. The van der Waals surface area contributed by atoms with Crippen LogP contribution in [0.15, 0.2) is 88.7 Å². The Balaban J connectivity index is 1.37. The zero-order chi connectivity index (χ0) is 27.1. The van der Waals surface area contributed by atoms with Gasteiger partial charge in [-0.15, -0.1) is 0 Å². The van der Waals surface area contributed by atoms with Gasteiger partial charge in [0.1, 0.15) is 6.54 Å². The number of thioether (sulfide) groups is 1. The Morgan fingerprint density at radius 1 is 1.00 bits per heavy atom. The first kappa shape index (κ1) is 27.5. The Hall–Kier alpha value is -3.56. The monoisotopic (exact) mass is 539 g/mol. The molecular formula is C29H28F3N3O2S. The van der Waals surface area contributed by atoms with Crippen molar-refractivity contribution in [2.75, 3.05) is 31.6 Å². The van der Waals surface area contributed by atoms with Gasteiger partial charge in [0.05, 0.1) is 16.2 Å². The van der Waals surface area contributed by atoms with E-state index in [2.05, 4.69) is 22.3 Å². The minimum atomic E-state index is -4.43. The summed E-state index contributed by atoms with van der Waals surface area (Å²) in [7, 11) is 2.03. The lowest BCUT2D eigenvalue weighted by Crippen LogP contribution is -2.43. The first-order valence-electron chi connectivity index (χ1n) is 12.2. The Morgan fingerprint density at radius 3 is 2.39 bits per heavy atom. The Labute approximate surface area is 224 Å². The van der Waals surface area contributed by atoms with Crippen molar-refractivity contribution in [2.45, 2.75) is 24.0 Å². The van der Waals surface area contributed by atoms with E-state index in [1.807, 2.05) is 37.4 Å². The number of benzene rings is 3. The number of halogens is 3. The predicted octanol–water partition coefficient (Wildman–Crippen LogP) is 5.82. The third kappa shape index (κ3) is 7.26. The molecule has 0 unspecified atom stereocenters. The molecule has 0 saturated carbocycles. The van der Waals surface area contributed by atoms with Crippen molar-refractivity contribution in [1.29, 1.82) is 0 Å². The van der Waals surface area contributed by atoms with Gasteiger partial charge in [0.25, 0.3) is 5.91 Å². The van der Waals surface area contributed by atoms with E-state index in [0.29, 0.717) is 22.7 Å². The van der Waals surface area contributed by atoms with Crippen LogP contribution in [0.2, 0.25) is 0 Å². The zero-order valence-electron chi connectivity index (χ0n) is 20.9. The normalized spacial score (nSPS) is 14.6. The van der Waals surface area contributed by atoms with Crippen molar-refractivity contribution < 1.29 is 22.8 Å². The molecule has 0 bridgehead atoms. The van der Waals surface area contributed by atoms with Crippen LogP contribution in [0.5, 0.6) is 0 Å². The second-order valence-electron chi connectivity index (χ2n) is 9.02. The number of hydrogen-bond donors (Lipinski definition) is 1. The number of nitrogens with one attached hydrogen (secondary N) is 1. The lowest BCUT2D eigenvalue weighted by molar-refractivity contribution is -0.137. The van der Waals surface area contributed by atoms with Crippen molar-refractivity contribution in [2.24, 2.45) is 0 Å². The number of para-hydroxylation sites is 1. The molecule has 0 spiro atoms. The maximum atomic E-state index is 13.3. The number of hydrogen-bond acceptors (Lipinski definition) is 4. The molecule has 0 fully saturated rings. The van der Waals surface area contributed by atoms with Crippen LogP contribution in [0.3, 0.4) is 0 Å². The molecule has 38 heavy (non-hydrogen) atoms. The first-order valence-corrected chi connectivity index (χ1v) is 13.0. The molecule has 1 aliphatic rings. The minimum absolute atomic E-state index is 0.152. The number of alkyl halides is 3. The van der Waals surface area contributed by atoms with Gasteiger partial charge in [-0.1, -0.05) is 66.4 Å². The van der Waals surface area contributed by atoms with Crippen molar-refractivity contribution in [1.82, 2.24) is 10.2 Å². The second kappa shape index (κ2) is 12.3. The third-order valence-electron chi connectivity index (χ3n) is 6.00. The van der Waals surface area contributed by atoms with Gasteiger partial charge in [-0.05, 0) is 61.5 Å². The van der Waals surface area contributed by atoms with Crippen LogP contribution >= 0.6 is 11.8 Å². The number of rotatable bonds is 9. The molecule has 4 rings (SSSR count). The lowest BCUT2D eigenvalue weighted by atomic mass is 10.1. The maximum Gasteiger partial charge on any atom is 0.416 e. The van der Waals surface area contributed by atoms with E-state index in [-0.39, 0.29) is 18.4 Å². The van der Waals surface area contributed by atoms with Gasteiger partial charge in [-0.3, -0.25) is 14.5 Å². The Kier molecular flexibility index (Phi) is 8.91. The lowest BCUT2D eigenvalue weighted by Gasteiger charge is -2.30. The quantitative estimate of drug-likeness (QED) is 0.275. The number of anilines is 1. The average Bonchev–Trinajstić information content (AvgIpc) is 2.89. The smallest absolute Gasteiger partial charge is 0.355 e. The van der Waals surface area contributed by atoms with E-state index in [1.54, 1.807) is 18.2 Å². The summed E-state index contributed by atoms with van der Waals surface area (Å²) in [5.41, 5.74) is 1.57. The maximum absolute atomic E-state index is 13.3. The SMILES string of the molecule is CN(CCCNC(=O)CN1C(=O)/C(=C/c2ccc(C(F)(F)F)cc2)Sc2ccccc21)Cc1ccccc1. The van der Waals surface area contributed by atoms with Crippen LogP contribution in [0.4, 0.5) is 18.9 Å². The molecule has 1 aliphatic heterocycles. The van der Waals surface area contributed by atoms with Crippen LogP contribution in [0.1, 0.15) is 23.1 Å². The molecule has 1 heterocycles. The van der Waals surface area contributed by atoms with Crippen LogP contribution in [-0.4, -0.2) is 43.4 Å². The van der Waals surface area contributed by atoms with Gasteiger partial charge in [-0.2, -0.15) is 13.2 Å². The summed E-state index contributed by atoms with van der Waals surface area (Å²) >= 11 is 1.24. The number of amides is 2. The second-order valence-corrected chi connectivity index (χ2v) is 10.1. The Bertz CT molecular complexity index is 1290. The summed E-state index contributed by atoms with van der Waals surface area (Å²) in [6, 6.07) is 22.0. The fourth-order valence-electron chi connectivity index (χ4n) is 4.09. The molecule has 0 atom stereocenters. The third-order valence-corrected chi connectivity index (χ3v) is 7.08. The minimum Gasteiger partial charge on any atom is -0.355 e. The molecule has 3 aromatic rings. The molecule has 9 heteroatoms. The average molecular weight is 540 g/mol. The molecule has 1 N–H and O–H groups in total. The molecule has 0 radical (unpaired) electrons. The van der Waals surface area contributed by atoms with Crippen molar-refractivity contribution in [3.8, 4) is 0 Å². The van der Waals surface area contributed by atoms with Gasteiger partial charge < -0.3 is 10.2 Å². The molecule has 198 valence electrons. The predicted molar refractivity (Wildman–Crippen MR) is 144 cm³/mol. The van der Waals surface area contributed by atoms with Gasteiger partial charge in [0, 0.05) is 18.0 Å². The van der Waals surface area contributed by atoms with Gasteiger partial charge in [0.15, 0.2) is 0 Å². The fraction of sp³-hybridized carbons (Fsp3) is 0.241. The summed E-state index contributed by atoms with van der Waals surface area (Å²) in [4.78, 5) is 30.8. The summed E-state index contributed by atoms with van der Waals surface area (Å²) < 4.78 is 38.7. The fourth-order valence-corrected chi connectivity index (χ4v) is 5.15. The van der Waals surface area contributed by atoms with Crippen LogP contribution < -0.4 is 10.2 Å². The molecular weight excluding hydrogens is 511 g/mol. The van der Waals surface area contributed by atoms with Crippen LogP contribution in [-0.2, 0) is 22.3 Å². The number of nitrogens with zero attached hydrogens (tertiary/aromatic N) is 2. The van der Waals surface area contributed by atoms with E-state index < -0.39 is 11.7 Å². The van der Waals surface area contributed by atoms with Gasteiger partial charge >= 0.3 is 6.18 Å². The summed E-state index contributed by atoms with van der Waals surface area (Å²) in [5, 5.41) is 2.89. The molecule has 0 saturated heterocycles. The van der Waals surface area contributed by atoms with E-state index >= 15 is 0 Å². The standard InChI is InChI=1S/C29H28F3N3O2S/c1-34(19-22-8-3-2-4-9-22)17-7-16-33-27(36)20-35-24-10-5-6-11-25(24)38-26(28(35)37)18-21-12-14-23(15-13-21)29(30,31)32/h2-6,8-15,18H,7,16-17,19-20H2,1H3,(H,33,36)/b26-18-. The molecule has 3 aromatic carbocycles. The Morgan fingerprint density at radius 2 is 1.68 bits per heavy atom. The van der Waals surface area contributed by atoms with Crippen molar-refractivity contribution in [3.05, 3.63) is 100 Å². The highest BCUT2D eigenvalue weighted by Crippen LogP contribution is 2.42. The highest BCUT2D eigenvalue weighted by Gasteiger charge is 2.31. The topological polar surface area (TPSA) is 52.7 Å². The van der Waals surface area contributed by atoms with E-state index in [9.17, 15) is 22.8 Å². The largest absolute Gasteiger partial charge is 0.416 e. The first-order chi connectivity index (χ1) is 18.2. The van der Waals surface area contributed by atoms with Crippen molar-refractivity contribution >= 4 is 35.3 Å². The number of carbonyl (C=O) groups excluding carboxylic acids is 2. The van der Waals surface area contributed by atoms with Gasteiger partial charge in [-0.25, -0.2) is 0 Å². The number of fused-ring (bicyclic) bond motifs is 1. The number of carbonyl (C=O) groups is 2. The van der Waals surface area contributed by atoms with E-state index in [1.165, 1.54) is 34.4 Å². The molecule has 0 aromatic heterocycles. The zero-order valence-corrected chi connectivity index (χ0v) is 21.7. The van der Waals surface area contributed by atoms with E-state index in [4.69, 9.17) is 0 Å². The van der Waals surface area contributed by atoms with Gasteiger partial charge in [0.2, 0.25) is 5.91 Å². The van der Waals surface area contributed by atoms with Crippen molar-refractivity contribution in [3.63, 3.8) is 0 Å². The summed E-state index contributed by atoms with van der Waals surface area (Å²) in [6.07, 6.45) is -2.12. The summed E-state index contributed by atoms with van der Waals surface area (Å²) in [5.74, 6) is -0.647.